The molecule has 6 nitrogen and oxygen atoms in total. The van der Waals surface area contributed by atoms with E-state index < -0.39 is 11.7 Å². The topological polar surface area (TPSA) is 50.1 Å². The van der Waals surface area contributed by atoms with Crippen LogP contribution in [0.3, 0.4) is 0 Å². The average molecular weight is 489 g/mol. The lowest BCUT2D eigenvalue weighted by Crippen LogP contribution is -2.35. The fourth-order valence-corrected chi connectivity index (χ4v) is 5.87. The summed E-state index contributed by atoms with van der Waals surface area (Å²) in [5.74, 6) is 2.37. The molecule has 2 saturated heterocycles. The maximum atomic E-state index is 12.9. The van der Waals surface area contributed by atoms with Gasteiger partial charge >= 0.3 is 6.18 Å². The molecule has 1 aromatic carbocycles. The molecule has 180 valence electrons. The smallest absolute Gasteiger partial charge is 0.367 e. The second-order valence-corrected chi connectivity index (χ2v) is 9.98. The summed E-state index contributed by atoms with van der Waals surface area (Å²) in [6.45, 7) is 3.95. The van der Waals surface area contributed by atoms with Crippen molar-refractivity contribution >= 4 is 17.4 Å². The van der Waals surface area contributed by atoms with Crippen molar-refractivity contribution in [3.8, 4) is 11.4 Å². The largest absolute Gasteiger partial charge is 0.416 e. The highest BCUT2D eigenvalue weighted by molar-refractivity contribution is 7.99. The molecule has 4 heterocycles. The van der Waals surface area contributed by atoms with Crippen LogP contribution < -0.4 is 4.90 Å². The van der Waals surface area contributed by atoms with Gasteiger partial charge in [-0.2, -0.15) is 13.2 Å². The van der Waals surface area contributed by atoms with Crippen molar-refractivity contribution in [3.63, 3.8) is 0 Å². The number of aromatic nitrogens is 4. The molecule has 2 atom stereocenters. The van der Waals surface area contributed by atoms with Gasteiger partial charge in [-0.3, -0.25) is 4.98 Å². The molecule has 10 heteroatoms. The number of thioether (sulfide) groups is 1. The summed E-state index contributed by atoms with van der Waals surface area (Å²) in [6, 6.07) is 9.86. The molecule has 0 amide bonds. The number of alkyl halides is 3. The van der Waals surface area contributed by atoms with Crippen LogP contribution in [0.15, 0.2) is 53.9 Å². The van der Waals surface area contributed by atoms with E-state index in [0.29, 0.717) is 12.0 Å². The van der Waals surface area contributed by atoms with E-state index in [4.69, 9.17) is 0 Å². The lowest BCUT2D eigenvalue weighted by atomic mass is 10.0. The van der Waals surface area contributed by atoms with Gasteiger partial charge in [0.05, 0.1) is 5.56 Å². The molecular weight excluding hydrogens is 461 g/mol. The zero-order valence-electron chi connectivity index (χ0n) is 18.9. The molecule has 2 aromatic heterocycles. The standard InChI is InChI=1S/C24H27F3N6S/c1-31-22(17-7-10-28-11-8-17)29-30-23(31)34-14-2-12-32-15-18-9-13-33(21(18)16-32)20-5-3-19(4-6-20)24(25,26)27/h3-8,10-11,18,21H,2,9,12-16H2,1H3. The summed E-state index contributed by atoms with van der Waals surface area (Å²) in [5, 5.41) is 9.56. The minimum atomic E-state index is -4.29. The predicted molar refractivity (Wildman–Crippen MR) is 127 cm³/mol. The molecule has 2 unspecified atom stereocenters. The van der Waals surface area contributed by atoms with Crippen molar-refractivity contribution in [2.75, 3.05) is 36.8 Å². The van der Waals surface area contributed by atoms with Gasteiger partial charge in [0, 0.05) is 62.1 Å². The predicted octanol–water partition coefficient (Wildman–Crippen LogP) is 4.59. The number of pyridine rings is 1. The van der Waals surface area contributed by atoms with Gasteiger partial charge in [0.25, 0.3) is 0 Å². The molecule has 0 radical (unpaired) electrons. The molecule has 3 aromatic rings. The Balaban J connectivity index is 1.11. The highest BCUT2D eigenvalue weighted by Gasteiger charge is 2.41. The Kier molecular flexibility index (Phi) is 6.52. The number of likely N-dealkylation sites (tertiary alicyclic amines) is 1. The molecule has 5 rings (SSSR count). The molecular formula is C24H27F3N6S. The zero-order chi connectivity index (χ0) is 23.7. The first kappa shape index (κ1) is 23.2. The molecule has 2 aliphatic heterocycles. The van der Waals surface area contributed by atoms with E-state index in [0.717, 1.165) is 67.0 Å². The number of benzene rings is 1. The lowest BCUT2D eigenvalue weighted by molar-refractivity contribution is -0.137. The van der Waals surface area contributed by atoms with Crippen LogP contribution in [0.25, 0.3) is 11.4 Å². The number of anilines is 1. The summed E-state index contributed by atoms with van der Waals surface area (Å²) in [4.78, 5) is 8.83. The maximum Gasteiger partial charge on any atom is 0.416 e. The Morgan fingerprint density at radius 1 is 1.03 bits per heavy atom. The van der Waals surface area contributed by atoms with Crippen molar-refractivity contribution in [3.05, 3.63) is 54.4 Å². The van der Waals surface area contributed by atoms with E-state index in [1.807, 2.05) is 23.7 Å². The SMILES string of the molecule is Cn1c(SCCCN2CC3CCN(c4ccc(C(F)(F)F)cc4)C3C2)nnc1-c1ccncc1. The van der Waals surface area contributed by atoms with Gasteiger partial charge in [-0.25, -0.2) is 0 Å². The molecule has 0 bridgehead atoms. The second kappa shape index (κ2) is 9.58. The van der Waals surface area contributed by atoms with Gasteiger partial charge in [-0.15, -0.1) is 10.2 Å². The molecule has 34 heavy (non-hydrogen) atoms. The Bertz CT molecular complexity index is 1100. The second-order valence-electron chi connectivity index (χ2n) is 8.92. The van der Waals surface area contributed by atoms with E-state index >= 15 is 0 Å². The van der Waals surface area contributed by atoms with Crippen molar-refractivity contribution < 1.29 is 13.2 Å². The first-order valence-corrected chi connectivity index (χ1v) is 12.5. The summed E-state index contributed by atoms with van der Waals surface area (Å²) >= 11 is 1.71. The Morgan fingerprint density at radius 3 is 2.53 bits per heavy atom. The number of halogens is 3. The van der Waals surface area contributed by atoms with Gasteiger partial charge in [0.1, 0.15) is 0 Å². The van der Waals surface area contributed by atoms with Crippen LogP contribution >= 0.6 is 11.8 Å². The highest BCUT2D eigenvalue weighted by atomic mass is 32.2. The molecule has 2 aliphatic rings. The van der Waals surface area contributed by atoms with Crippen LogP contribution in [-0.2, 0) is 13.2 Å². The van der Waals surface area contributed by atoms with Crippen LogP contribution in [0.2, 0.25) is 0 Å². The average Bonchev–Trinajstić information content (AvgIpc) is 3.51. The number of fused-ring (bicyclic) bond motifs is 1. The quantitative estimate of drug-likeness (QED) is 0.358. The number of hydrogen-bond donors (Lipinski definition) is 0. The van der Waals surface area contributed by atoms with E-state index in [1.165, 1.54) is 12.1 Å². The van der Waals surface area contributed by atoms with Gasteiger partial charge in [0.2, 0.25) is 0 Å². The Morgan fingerprint density at radius 2 is 1.79 bits per heavy atom. The summed E-state index contributed by atoms with van der Waals surface area (Å²) in [5.41, 5.74) is 1.30. The van der Waals surface area contributed by atoms with Crippen LogP contribution in [0.4, 0.5) is 18.9 Å². The number of rotatable bonds is 7. The van der Waals surface area contributed by atoms with Gasteiger partial charge in [0.15, 0.2) is 11.0 Å². The van der Waals surface area contributed by atoms with E-state index in [1.54, 1.807) is 36.3 Å². The van der Waals surface area contributed by atoms with Gasteiger partial charge in [-0.05, 0) is 61.7 Å². The van der Waals surface area contributed by atoms with Crippen LogP contribution in [0, 0.1) is 5.92 Å². The monoisotopic (exact) mass is 488 g/mol. The summed E-state index contributed by atoms with van der Waals surface area (Å²) in [6.07, 6.45) is 1.34. The molecule has 2 fully saturated rings. The van der Waals surface area contributed by atoms with Crippen molar-refractivity contribution in [1.82, 2.24) is 24.6 Å². The van der Waals surface area contributed by atoms with Crippen LogP contribution in [0.1, 0.15) is 18.4 Å². The summed E-state index contributed by atoms with van der Waals surface area (Å²) < 4.78 is 40.7. The number of hydrogen-bond acceptors (Lipinski definition) is 6. The van der Waals surface area contributed by atoms with E-state index in [2.05, 4.69) is 25.0 Å². The maximum absolute atomic E-state index is 12.9. The van der Waals surface area contributed by atoms with Crippen LogP contribution in [0.5, 0.6) is 0 Å². The third-order valence-electron chi connectivity index (χ3n) is 6.77. The first-order valence-electron chi connectivity index (χ1n) is 11.5. The first-order chi connectivity index (χ1) is 16.4. The third kappa shape index (κ3) is 4.79. The normalized spacial score (nSPS) is 20.8. The van der Waals surface area contributed by atoms with Gasteiger partial charge < -0.3 is 14.4 Å². The minimum Gasteiger partial charge on any atom is -0.367 e. The molecule has 0 spiro atoms. The van der Waals surface area contributed by atoms with Gasteiger partial charge in [-0.1, -0.05) is 11.8 Å². The molecule has 0 N–H and O–H groups in total. The van der Waals surface area contributed by atoms with E-state index in [-0.39, 0.29) is 0 Å². The van der Waals surface area contributed by atoms with Crippen LogP contribution in [-0.4, -0.2) is 62.6 Å². The van der Waals surface area contributed by atoms with Crippen molar-refractivity contribution in [2.45, 2.75) is 30.2 Å². The summed E-state index contributed by atoms with van der Waals surface area (Å²) in [7, 11) is 1.98. The van der Waals surface area contributed by atoms with Crippen molar-refractivity contribution in [2.24, 2.45) is 13.0 Å². The highest BCUT2D eigenvalue weighted by Crippen LogP contribution is 2.37. The Hall–Kier alpha value is -2.59. The van der Waals surface area contributed by atoms with E-state index in [9.17, 15) is 13.2 Å². The number of nitrogens with zero attached hydrogens (tertiary/aromatic N) is 6. The lowest BCUT2D eigenvalue weighted by Gasteiger charge is -2.27. The molecule has 0 saturated carbocycles. The fraction of sp³-hybridized carbons (Fsp3) is 0.458. The Labute approximate surface area is 201 Å². The minimum absolute atomic E-state index is 0.381. The van der Waals surface area contributed by atoms with Crippen molar-refractivity contribution in [1.29, 1.82) is 0 Å². The fourth-order valence-electron chi connectivity index (χ4n) is 5.04. The third-order valence-corrected chi connectivity index (χ3v) is 7.88. The zero-order valence-corrected chi connectivity index (χ0v) is 19.8. The molecule has 0 aliphatic carbocycles.